The van der Waals surface area contributed by atoms with Crippen molar-refractivity contribution in [2.24, 2.45) is 5.92 Å². The van der Waals surface area contributed by atoms with Gasteiger partial charge >= 0.3 is 0 Å². The van der Waals surface area contributed by atoms with Crippen LogP contribution >= 0.6 is 22.6 Å². The van der Waals surface area contributed by atoms with Crippen LogP contribution in [0.15, 0.2) is 42.5 Å². The van der Waals surface area contributed by atoms with Crippen molar-refractivity contribution >= 4 is 45.8 Å². The number of nitrogens with zero attached hydrogens (tertiary/aromatic N) is 1. The number of anilines is 2. The predicted molar refractivity (Wildman–Crippen MR) is 104 cm³/mol. The van der Waals surface area contributed by atoms with Crippen LogP contribution in [-0.2, 0) is 9.59 Å². The van der Waals surface area contributed by atoms with Crippen LogP contribution in [-0.4, -0.2) is 18.4 Å². The predicted octanol–water partition coefficient (Wildman–Crippen LogP) is 3.90. The number of hydrogen-bond donors (Lipinski definition) is 1. The van der Waals surface area contributed by atoms with Crippen LogP contribution in [0.25, 0.3) is 0 Å². The fourth-order valence-corrected chi connectivity index (χ4v) is 3.26. The molecule has 0 bridgehead atoms. The molecule has 0 aliphatic carbocycles. The number of carbonyl (C=O) groups excluding carboxylic acids is 2. The number of nitrogens with one attached hydrogen (secondary N) is 1. The fourth-order valence-electron chi connectivity index (χ4n) is 2.90. The molecule has 0 saturated carbocycles. The summed E-state index contributed by atoms with van der Waals surface area (Å²) in [4.78, 5) is 26.6. The number of aryl methyl sites for hydroxylation is 2. The van der Waals surface area contributed by atoms with Gasteiger partial charge in [0, 0.05) is 27.9 Å². The lowest BCUT2D eigenvalue weighted by Crippen LogP contribution is -2.28. The molecule has 4 nitrogen and oxygen atoms in total. The Labute approximate surface area is 155 Å². The van der Waals surface area contributed by atoms with E-state index in [-0.39, 0.29) is 24.2 Å². The molecule has 2 amide bonds. The molecule has 1 aliphatic rings. The molecular weight excluding hydrogens is 415 g/mol. The second-order valence-electron chi connectivity index (χ2n) is 6.19. The second kappa shape index (κ2) is 6.93. The van der Waals surface area contributed by atoms with Crippen LogP contribution in [0.1, 0.15) is 17.5 Å². The maximum Gasteiger partial charge on any atom is 0.229 e. The highest BCUT2D eigenvalue weighted by molar-refractivity contribution is 14.1. The van der Waals surface area contributed by atoms with Gasteiger partial charge in [-0.25, -0.2) is 0 Å². The molecule has 0 radical (unpaired) electrons. The van der Waals surface area contributed by atoms with E-state index in [9.17, 15) is 9.59 Å². The molecule has 24 heavy (non-hydrogen) atoms. The first-order chi connectivity index (χ1) is 11.4. The van der Waals surface area contributed by atoms with Crippen molar-refractivity contribution in [3.05, 3.63) is 57.2 Å². The van der Waals surface area contributed by atoms with E-state index >= 15 is 0 Å². The highest BCUT2D eigenvalue weighted by Crippen LogP contribution is 2.29. The average Bonchev–Trinajstić information content (AvgIpc) is 2.94. The largest absolute Gasteiger partial charge is 0.326 e. The van der Waals surface area contributed by atoms with E-state index in [0.717, 1.165) is 26.1 Å². The Hall–Kier alpha value is -1.89. The third kappa shape index (κ3) is 3.61. The smallest absolute Gasteiger partial charge is 0.229 e. The first-order valence-electron chi connectivity index (χ1n) is 7.88. The summed E-state index contributed by atoms with van der Waals surface area (Å²) in [6.07, 6.45) is 0.254. The van der Waals surface area contributed by atoms with Crippen LogP contribution in [0.2, 0.25) is 0 Å². The number of benzene rings is 2. The van der Waals surface area contributed by atoms with Crippen LogP contribution in [0, 0.1) is 23.3 Å². The highest BCUT2D eigenvalue weighted by Gasteiger charge is 2.35. The van der Waals surface area contributed by atoms with E-state index < -0.39 is 0 Å². The Bertz CT molecular complexity index is 786. The molecule has 1 saturated heterocycles. The van der Waals surface area contributed by atoms with E-state index in [1.807, 2.05) is 56.3 Å². The number of hydrogen-bond acceptors (Lipinski definition) is 2. The van der Waals surface area contributed by atoms with E-state index in [2.05, 4.69) is 27.9 Å². The van der Waals surface area contributed by atoms with Gasteiger partial charge in [-0.2, -0.15) is 0 Å². The molecule has 0 unspecified atom stereocenters. The van der Waals surface area contributed by atoms with Gasteiger partial charge in [-0.3, -0.25) is 9.59 Å². The minimum Gasteiger partial charge on any atom is -0.326 e. The van der Waals surface area contributed by atoms with Crippen molar-refractivity contribution in [1.29, 1.82) is 0 Å². The van der Waals surface area contributed by atoms with Gasteiger partial charge in [-0.1, -0.05) is 12.1 Å². The molecule has 124 valence electrons. The van der Waals surface area contributed by atoms with Gasteiger partial charge in [-0.05, 0) is 77.9 Å². The summed E-state index contributed by atoms with van der Waals surface area (Å²) < 4.78 is 1.11. The Morgan fingerprint density at radius 3 is 2.58 bits per heavy atom. The molecular formula is C19H19IN2O2. The summed E-state index contributed by atoms with van der Waals surface area (Å²) in [5, 5.41) is 2.91. The van der Waals surface area contributed by atoms with Crippen molar-refractivity contribution < 1.29 is 9.59 Å². The van der Waals surface area contributed by atoms with Crippen molar-refractivity contribution in [2.45, 2.75) is 20.3 Å². The Morgan fingerprint density at radius 1 is 1.17 bits per heavy atom. The standard InChI is InChI=1S/C19H19IN2O2/c1-12-3-4-13(2)17(9-12)22-11-14(10-18(22)23)19(24)21-16-7-5-15(20)6-8-16/h3-9,14H,10-11H2,1-2H3,(H,21,24)/t14-/m1/s1. The fraction of sp³-hybridized carbons (Fsp3) is 0.263. The van der Waals surface area contributed by atoms with Gasteiger partial charge in [0.25, 0.3) is 0 Å². The molecule has 1 atom stereocenters. The summed E-state index contributed by atoms with van der Waals surface area (Å²) in [6.45, 7) is 4.42. The van der Waals surface area contributed by atoms with Crippen molar-refractivity contribution in [2.75, 3.05) is 16.8 Å². The summed E-state index contributed by atoms with van der Waals surface area (Å²) in [5.41, 5.74) is 3.82. The maximum absolute atomic E-state index is 12.5. The molecule has 1 fully saturated rings. The Kier molecular flexibility index (Phi) is 4.89. The van der Waals surface area contributed by atoms with Crippen LogP contribution < -0.4 is 10.2 Å². The normalized spacial score (nSPS) is 17.2. The lowest BCUT2D eigenvalue weighted by atomic mass is 10.1. The van der Waals surface area contributed by atoms with Crippen LogP contribution in [0.5, 0.6) is 0 Å². The number of amides is 2. The Morgan fingerprint density at radius 2 is 1.88 bits per heavy atom. The number of halogens is 1. The lowest BCUT2D eigenvalue weighted by molar-refractivity contribution is -0.122. The van der Waals surface area contributed by atoms with E-state index in [1.165, 1.54) is 0 Å². The van der Waals surface area contributed by atoms with Crippen molar-refractivity contribution in [1.82, 2.24) is 0 Å². The average molecular weight is 434 g/mol. The molecule has 0 spiro atoms. The Balaban J connectivity index is 1.73. The van der Waals surface area contributed by atoms with E-state index in [4.69, 9.17) is 0 Å². The van der Waals surface area contributed by atoms with E-state index in [1.54, 1.807) is 4.90 Å². The molecule has 2 aromatic rings. The number of carbonyl (C=O) groups is 2. The zero-order chi connectivity index (χ0) is 17.3. The first-order valence-corrected chi connectivity index (χ1v) is 8.96. The first kappa shape index (κ1) is 17.0. The zero-order valence-corrected chi connectivity index (χ0v) is 15.8. The molecule has 2 aromatic carbocycles. The molecule has 0 aromatic heterocycles. The van der Waals surface area contributed by atoms with Crippen LogP contribution in [0.4, 0.5) is 11.4 Å². The zero-order valence-electron chi connectivity index (χ0n) is 13.7. The van der Waals surface area contributed by atoms with Gasteiger partial charge in [0.05, 0.1) is 5.92 Å². The minimum absolute atomic E-state index is 0.00598. The lowest BCUT2D eigenvalue weighted by Gasteiger charge is -2.19. The molecule has 5 heteroatoms. The summed E-state index contributed by atoms with van der Waals surface area (Å²) in [7, 11) is 0. The summed E-state index contributed by atoms with van der Waals surface area (Å²) in [6, 6.07) is 13.7. The molecule has 1 heterocycles. The van der Waals surface area contributed by atoms with Crippen molar-refractivity contribution in [3.8, 4) is 0 Å². The SMILES string of the molecule is Cc1ccc(C)c(N2C[C@H](C(=O)Nc3ccc(I)cc3)CC2=O)c1. The van der Waals surface area contributed by atoms with Gasteiger partial charge < -0.3 is 10.2 Å². The van der Waals surface area contributed by atoms with Crippen molar-refractivity contribution in [3.63, 3.8) is 0 Å². The highest BCUT2D eigenvalue weighted by atomic mass is 127. The summed E-state index contributed by atoms with van der Waals surface area (Å²) >= 11 is 2.22. The second-order valence-corrected chi connectivity index (χ2v) is 7.44. The summed E-state index contributed by atoms with van der Waals surface area (Å²) in [5.74, 6) is -0.416. The van der Waals surface area contributed by atoms with Crippen LogP contribution in [0.3, 0.4) is 0 Å². The van der Waals surface area contributed by atoms with Gasteiger partial charge in [0.1, 0.15) is 0 Å². The third-order valence-electron chi connectivity index (χ3n) is 4.26. The number of rotatable bonds is 3. The topological polar surface area (TPSA) is 49.4 Å². The molecule has 1 aliphatic heterocycles. The maximum atomic E-state index is 12.5. The van der Waals surface area contributed by atoms with E-state index in [0.29, 0.717) is 6.54 Å². The van der Waals surface area contributed by atoms with Gasteiger partial charge in [0.2, 0.25) is 11.8 Å². The molecule has 1 N–H and O–H groups in total. The third-order valence-corrected chi connectivity index (χ3v) is 4.98. The van der Waals surface area contributed by atoms with Gasteiger partial charge in [0.15, 0.2) is 0 Å². The van der Waals surface area contributed by atoms with Gasteiger partial charge in [-0.15, -0.1) is 0 Å². The molecule has 3 rings (SSSR count). The monoisotopic (exact) mass is 434 g/mol. The minimum atomic E-state index is -0.323. The quantitative estimate of drug-likeness (QED) is 0.746.